The zero-order chi connectivity index (χ0) is 49.8. The van der Waals surface area contributed by atoms with Crippen LogP contribution in [0.15, 0.2) is 258 Å². The zero-order valence-electron chi connectivity index (χ0n) is 40.7. The molecule has 0 aliphatic carbocycles. The normalized spacial score (nSPS) is 11.9. The SMILES string of the molecule is c1ccc(-c2nc(-c3ccccc3)nc(-c3cc(-c4ccc5c(c4)oc4ccc6c7ccccc7n(-c7ccccc7)c6c45)ccc3-c3ccc4c(c3)oc3ccc5c6ccccc6n(-c6ccccc6)c5c34)n2)cc1. The Morgan fingerprint density at radius 1 is 0.263 bits per heavy atom. The van der Waals surface area contributed by atoms with Crippen LogP contribution in [0.3, 0.4) is 0 Å². The summed E-state index contributed by atoms with van der Waals surface area (Å²) in [7, 11) is 0. The number of hydrogen-bond donors (Lipinski definition) is 0. The van der Waals surface area contributed by atoms with Crippen LogP contribution >= 0.6 is 0 Å². The van der Waals surface area contributed by atoms with Gasteiger partial charge in [-0.2, -0.15) is 0 Å². The Morgan fingerprint density at radius 2 is 0.671 bits per heavy atom. The maximum Gasteiger partial charge on any atom is 0.164 e. The molecule has 0 fully saturated rings. The second kappa shape index (κ2) is 16.6. The van der Waals surface area contributed by atoms with Crippen LogP contribution in [-0.4, -0.2) is 24.1 Å². The van der Waals surface area contributed by atoms with E-state index in [9.17, 15) is 0 Å². The van der Waals surface area contributed by atoms with E-state index in [1.165, 1.54) is 21.5 Å². The fraction of sp³-hybridized carbons (Fsp3) is 0. The lowest BCUT2D eigenvalue weighted by Crippen LogP contribution is -2.01. The quantitative estimate of drug-likeness (QED) is 0.159. The predicted molar refractivity (Wildman–Crippen MR) is 310 cm³/mol. The van der Waals surface area contributed by atoms with Crippen LogP contribution in [0.1, 0.15) is 0 Å². The molecule has 76 heavy (non-hydrogen) atoms. The number of fused-ring (bicyclic) bond motifs is 14. The van der Waals surface area contributed by atoms with E-state index in [1.54, 1.807) is 0 Å². The van der Waals surface area contributed by atoms with Gasteiger partial charge in [0.15, 0.2) is 17.5 Å². The number of benzene rings is 11. The number of hydrogen-bond acceptors (Lipinski definition) is 5. The molecule has 0 unspecified atom stereocenters. The van der Waals surface area contributed by atoms with E-state index in [1.807, 2.05) is 60.7 Å². The summed E-state index contributed by atoms with van der Waals surface area (Å²) in [5.41, 5.74) is 16.6. The molecule has 0 amide bonds. The Balaban J connectivity index is 0.908. The van der Waals surface area contributed by atoms with Gasteiger partial charge in [0.2, 0.25) is 0 Å². The molecule has 7 heteroatoms. The van der Waals surface area contributed by atoms with Gasteiger partial charge in [0.25, 0.3) is 0 Å². The summed E-state index contributed by atoms with van der Waals surface area (Å²) < 4.78 is 18.5. The Kier molecular flexibility index (Phi) is 9.20. The van der Waals surface area contributed by atoms with Gasteiger partial charge in [-0.3, -0.25) is 0 Å². The van der Waals surface area contributed by atoms with Crippen molar-refractivity contribution in [3.8, 4) is 67.8 Å². The largest absolute Gasteiger partial charge is 0.456 e. The number of furan rings is 2. The molecule has 11 aromatic carbocycles. The Hall–Kier alpha value is -10.4. The molecule has 0 bridgehead atoms. The first-order chi connectivity index (χ1) is 37.7. The number of para-hydroxylation sites is 4. The summed E-state index contributed by atoms with van der Waals surface area (Å²) in [6.45, 7) is 0. The maximum atomic E-state index is 6.88. The van der Waals surface area contributed by atoms with Crippen molar-refractivity contribution in [1.82, 2.24) is 24.1 Å². The van der Waals surface area contributed by atoms with E-state index in [4.69, 9.17) is 23.8 Å². The predicted octanol–water partition coefficient (Wildman–Crippen LogP) is 18.2. The average molecular weight is 972 g/mol. The van der Waals surface area contributed by atoms with Gasteiger partial charge in [-0.25, -0.2) is 15.0 Å². The molecule has 354 valence electrons. The van der Waals surface area contributed by atoms with Crippen molar-refractivity contribution in [3.05, 3.63) is 249 Å². The molecule has 16 rings (SSSR count). The minimum absolute atomic E-state index is 0.560. The second-order valence-corrected chi connectivity index (χ2v) is 19.5. The summed E-state index contributed by atoms with van der Waals surface area (Å²) in [5, 5.41) is 9.03. The van der Waals surface area contributed by atoms with Crippen molar-refractivity contribution in [2.45, 2.75) is 0 Å². The summed E-state index contributed by atoms with van der Waals surface area (Å²) >= 11 is 0. The molecule has 0 spiro atoms. The fourth-order valence-electron chi connectivity index (χ4n) is 11.8. The lowest BCUT2D eigenvalue weighted by Gasteiger charge is -2.14. The third kappa shape index (κ3) is 6.46. The van der Waals surface area contributed by atoms with Gasteiger partial charge in [0, 0.05) is 60.4 Å². The molecule has 0 radical (unpaired) electrons. The van der Waals surface area contributed by atoms with Crippen LogP contribution < -0.4 is 0 Å². The molecule has 5 heterocycles. The molecule has 16 aromatic rings. The van der Waals surface area contributed by atoms with Gasteiger partial charge >= 0.3 is 0 Å². The highest BCUT2D eigenvalue weighted by Gasteiger charge is 2.23. The van der Waals surface area contributed by atoms with Gasteiger partial charge in [0.1, 0.15) is 22.3 Å². The van der Waals surface area contributed by atoms with Gasteiger partial charge in [0.05, 0.1) is 32.8 Å². The summed E-state index contributed by atoms with van der Waals surface area (Å²) in [5.74, 6) is 1.74. The Labute approximate surface area is 434 Å². The monoisotopic (exact) mass is 971 g/mol. The van der Waals surface area contributed by atoms with Crippen molar-refractivity contribution < 1.29 is 8.83 Å². The highest BCUT2D eigenvalue weighted by atomic mass is 16.3. The third-order valence-electron chi connectivity index (χ3n) is 15.2. The molecule has 0 atom stereocenters. The zero-order valence-corrected chi connectivity index (χ0v) is 40.7. The second-order valence-electron chi connectivity index (χ2n) is 19.5. The van der Waals surface area contributed by atoms with Crippen molar-refractivity contribution in [3.63, 3.8) is 0 Å². The van der Waals surface area contributed by atoms with Crippen molar-refractivity contribution in [1.29, 1.82) is 0 Å². The van der Waals surface area contributed by atoms with Crippen LogP contribution in [0.4, 0.5) is 0 Å². The number of aromatic nitrogens is 5. The van der Waals surface area contributed by atoms with E-state index < -0.39 is 0 Å². The molecule has 0 aliphatic heterocycles. The average Bonchev–Trinajstić information content (AvgIpc) is 4.31. The smallest absolute Gasteiger partial charge is 0.164 e. The molecule has 0 aliphatic rings. The van der Waals surface area contributed by atoms with Crippen molar-refractivity contribution in [2.24, 2.45) is 0 Å². The minimum Gasteiger partial charge on any atom is -0.456 e. The molecule has 0 saturated heterocycles. The van der Waals surface area contributed by atoms with E-state index in [2.05, 4.69) is 197 Å². The molecular formula is C69H41N5O2. The van der Waals surface area contributed by atoms with Gasteiger partial charge < -0.3 is 18.0 Å². The third-order valence-corrected chi connectivity index (χ3v) is 15.2. The van der Waals surface area contributed by atoms with Crippen LogP contribution in [0.2, 0.25) is 0 Å². The minimum atomic E-state index is 0.560. The topological polar surface area (TPSA) is 74.8 Å². The Morgan fingerprint density at radius 3 is 1.20 bits per heavy atom. The highest BCUT2D eigenvalue weighted by Crippen LogP contribution is 2.45. The van der Waals surface area contributed by atoms with Crippen LogP contribution in [0.25, 0.3) is 155 Å². The molecule has 7 nitrogen and oxygen atoms in total. The lowest BCUT2D eigenvalue weighted by molar-refractivity contribution is 0.669. The summed E-state index contributed by atoms with van der Waals surface area (Å²) in [4.78, 5) is 15.7. The molecule has 0 N–H and O–H groups in total. The molecular weight excluding hydrogens is 931 g/mol. The summed E-state index contributed by atoms with van der Waals surface area (Å²) in [6, 6.07) is 87.1. The number of nitrogens with zero attached hydrogens (tertiary/aromatic N) is 5. The summed E-state index contributed by atoms with van der Waals surface area (Å²) in [6.07, 6.45) is 0. The Bertz CT molecular complexity index is 4920. The maximum absolute atomic E-state index is 6.88. The van der Waals surface area contributed by atoms with E-state index in [-0.39, 0.29) is 0 Å². The first-order valence-corrected chi connectivity index (χ1v) is 25.6. The fourth-order valence-corrected chi connectivity index (χ4v) is 11.8. The van der Waals surface area contributed by atoms with Crippen LogP contribution in [0, 0.1) is 0 Å². The highest BCUT2D eigenvalue weighted by molar-refractivity contribution is 6.26. The van der Waals surface area contributed by atoms with Crippen LogP contribution in [0.5, 0.6) is 0 Å². The number of rotatable bonds is 7. The van der Waals surface area contributed by atoms with E-state index >= 15 is 0 Å². The molecule has 5 aromatic heterocycles. The van der Waals surface area contributed by atoms with Gasteiger partial charge in [-0.05, 0) is 113 Å². The van der Waals surface area contributed by atoms with E-state index in [0.717, 1.165) is 116 Å². The van der Waals surface area contributed by atoms with E-state index in [0.29, 0.717) is 17.5 Å². The van der Waals surface area contributed by atoms with Crippen molar-refractivity contribution in [2.75, 3.05) is 0 Å². The first-order valence-electron chi connectivity index (χ1n) is 25.6. The molecule has 0 saturated carbocycles. The van der Waals surface area contributed by atoms with Gasteiger partial charge in [-0.15, -0.1) is 0 Å². The van der Waals surface area contributed by atoms with Crippen LogP contribution in [-0.2, 0) is 0 Å². The first kappa shape index (κ1) is 42.2. The van der Waals surface area contributed by atoms with Crippen molar-refractivity contribution >= 4 is 87.5 Å². The lowest BCUT2D eigenvalue weighted by atomic mass is 9.93. The standard InChI is InChI=1S/C69H41N5O2/c1-5-17-42(18-6-1)67-70-68(43-19-7-2-8-20-43)72-69(71-67)56-39-44(45-30-33-54-61(40-45)75-59-37-35-52-50-25-13-15-27-57(50)73(65(52)63(54)59)47-21-9-3-10-22-47)29-32-49(56)46-31-34-55-62(41-46)76-60-38-36-53-51-26-14-16-28-58(51)74(66(53)64(55)60)48-23-11-4-12-24-48/h1-41H. The van der Waals surface area contributed by atoms with Gasteiger partial charge in [-0.1, -0.05) is 158 Å².